The molecule has 1 aliphatic carbocycles. The van der Waals surface area contributed by atoms with Gasteiger partial charge in [-0.3, -0.25) is 4.98 Å². The highest BCUT2D eigenvalue weighted by Gasteiger charge is 2.32. The molecule has 0 fully saturated rings. The maximum Gasteiger partial charge on any atom is 0.238 e. The van der Waals surface area contributed by atoms with Gasteiger partial charge in [-0.2, -0.15) is 0 Å². The van der Waals surface area contributed by atoms with E-state index < -0.39 is 13.9 Å². The van der Waals surface area contributed by atoms with E-state index in [2.05, 4.69) is 19.8 Å². The summed E-state index contributed by atoms with van der Waals surface area (Å²) in [6, 6.07) is 5.26. The third-order valence-electron chi connectivity index (χ3n) is 2.76. The van der Waals surface area contributed by atoms with Crippen LogP contribution in [0.2, 0.25) is 0 Å². The first-order valence-electron chi connectivity index (χ1n) is 6.01. The first-order valence-corrected chi connectivity index (χ1v) is 9.11. The van der Waals surface area contributed by atoms with Crippen molar-refractivity contribution in [1.29, 1.82) is 0 Å². The predicted octanol–water partition coefficient (Wildman–Crippen LogP) is 1.57. The van der Waals surface area contributed by atoms with Crippen LogP contribution in [-0.2, 0) is 21.5 Å². The summed E-state index contributed by atoms with van der Waals surface area (Å²) in [5.41, 5.74) is 0.853. The molecule has 0 radical (unpaired) electrons. The van der Waals surface area contributed by atoms with Crippen LogP contribution in [0.4, 0.5) is 0 Å². The van der Waals surface area contributed by atoms with Crippen LogP contribution in [0.15, 0.2) is 51.6 Å². The molecule has 0 saturated heterocycles. The van der Waals surface area contributed by atoms with E-state index in [4.69, 9.17) is 17.5 Å². The Morgan fingerprint density at radius 1 is 1.45 bits per heavy atom. The van der Waals surface area contributed by atoms with Crippen LogP contribution < -0.4 is 10.6 Å². The molecule has 118 valence electrons. The van der Waals surface area contributed by atoms with E-state index in [-0.39, 0.29) is 22.2 Å². The lowest BCUT2D eigenvalue weighted by atomic mass is 10.1. The number of pyridine rings is 1. The van der Waals surface area contributed by atoms with Crippen molar-refractivity contribution in [3.05, 3.63) is 52.2 Å². The molecule has 0 aromatic carbocycles. The molecule has 2 rings (SSSR count). The number of oxime groups is 1. The summed E-state index contributed by atoms with van der Waals surface area (Å²) in [4.78, 5) is 8.39. The van der Waals surface area contributed by atoms with E-state index in [1.54, 1.807) is 24.4 Å². The normalized spacial score (nSPS) is 20.5. The topological polar surface area (TPSA) is 107 Å². The molecule has 0 saturated carbocycles. The largest absolute Gasteiger partial charge is 0.302 e. The van der Waals surface area contributed by atoms with Gasteiger partial charge < -0.3 is 4.94 Å². The molecule has 10 heteroatoms. The third kappa shape index (κ3) is 4.04. The van der Waals surface area contributed by atoms with Gasteiger partial charge in [0.25, 0.3) is 0 Å². The van der Waals surface area contributed by atoms with Gasteiger partial charge in [-0.25, -0.2) is 13.1 Å². The van der Waals surface area contributed by atoms with Gasteiger partial charge >= 0.3 is 0 Å². The van der Waals surface area contributed by atoms with Gasteiger partial charge in [-0.1, -0.05) is 45.4 Å². The molecule has 1 aromatic rings. The van der Waals surface area contributed by atoms with Gasteiger partial charge in [-0.05, 0) is 24.3 Å². The third-order valence-corrected chi connectivity index (χ3v) is 6.28. The Balaban J connectivity index is 2.20. The lowest BCUT2D eigenvalue weighted by molar-refractivity contribution is 0.149. The van der Waals surface area contributed by atoms with Crippen LogP contribution in [0, 0.1) is 0 Å². The van der Waals surface area contributed by atoms with Crippen LogP contribution in [0.25, 0.3) is 0 Å². The molecule has 1 aliphatic rings. The summed E-state index contributed by atoms with van der Waals surface area (Å²) >= 11 is 7.87. The molecular weight excluding hydrogens is 443 g/mol. The van der Waals surface area contributed by atoms with Gasteiger partial charge in [0.05, 0.1) is 26.1 Å². The second kappa shape index (κ2) is 7.51. The molecule has 22 heavy (non-hydrogen) atoms. The summed E-state index contributed by atoms with van der Waals surface area (Å²) in [5.74, 6) is 4.90. The van der Waals surface area contributed by atoms with Gasteiger partial charge in [0, 0.05) is 6.20 Å². The molecule has 0 spiro atoms. The van der Waals surface area contributed by atoms with Crippen molar-refractivity contribution in [2.45, 2.75) is 10.5 Å². The summed E-state index contributed by atoms with van der Waals surface area (Å²) < 4.78 is 26.7. The second-order valence-corrected chi connectivity index (χ2v) is 7.59. The van der Waals surface area contributed by atoms with Crippen molar-refractivity contribution in [2.24, 2.45) is 11.1 Å². The van der Waals surface area contributed by atoms with Crippen LogP contribution in [-0.4, -0.2) is 23.0 Å². The van der Waals surface area contributed by atoms with E-state index in [1.165, 1.54) is 12.2 Å². The summed E-state index contributed by atoms with van der Waals surface area (Å²) in [5, 5.41) is 3.84. The number of hydrogen-bond acceptors (Lipinski definition) is 6. The number of alkyl halides is 1. The quantitative estimate of drug-likeness (QED) is 0.399. The molecule has 0 amide bonds. The molecule has 0 aliphatic heterocycles. The molecular formula is C12H12ClIN4O3S. The number of nitrogens with two attached hydrogens (primary N) is 1. The number of rotatable bonds is 5. The number of hydrogen-bond donors (Lipinski definition) is 2. The average molecular weight is 455 g/mol. The van der Waals surface area contributed by atoms with Gasteiger partial charge in [0.1, 0.15) is 5.71 Å². The predicted molar refractivity (Wildman–Crippen MR) is 92.5 cm³/mol. The van der Waals surface area contributed by atoms with E-state index in [0.717, 1.165) is 0 Å². The smallest absolute Gasteiger partial charge is 0.238 e. The van der Waals surface area contributed by atoms with Crippen molar-refractivity contribution in [3.63, 3.8) is 0 Å². The summed E-state index contributed by atoms with van der Waals surface area (Å²) in [7, 11) is -3.72. The summed E-state index contributed by atoms with van der Waals surface area (Å²) in [6.45, 7) is 0.0845. The Hall–Kier alpha value is -1.01. The number of halogens is 2. The van der Waals surface area contributed by atoms with Gasteiger partial charge in [-0.15, -0.1) is 5.90 Å². The van der Waals surface area contributed by atoms with Crippen LogP contribution in [0.3, 0.4) is 0 Å². The minimum absolute atomic E-state index is 0.0845. The van der Waals surface area contributed by atoms with E-state index >= 15 is 0 Å². The number of nitrogens with one attached hydrogen (secondary N) is 1. The maximum atomic E-state index is 12.4. The van der Waals surface area contributed by atoms with Gasteiger partial charge in [0.2, 0.25) is 10.0 Å². The Labute approximate surface area is 146 Å². The van der Waals surface area contributed by atoms with Crippen molar-refractivity contribution in [1.82, 2.24) is 9.71 Å². The Morgan fingerprint density at radius 3 is 2.86 bits per heavy atom. The average Bonchev–Trinajstić information content (AvgIpc) is 2.50. The summed E-state index contributed by atoms with van der Waals surface area (Å²) in [6.07, 6.45) is 4.45. The molecule has 1 aromatic heterocycles. The molecule has 0 bridgehead atoms. The zero-order valence-electron chi connectivity index (χ0n) is 11.1. The minimum atomic E-state index is -3.72. The fraction of sp³-hybridized carbons (Fsp3) is 0.167. The van der Waals surface area contributed by atoms with Crippen molar-refractivity contribution < 1.29 is 13.4 Å². The highest BCUT2D eigenvalue weighted by Crippen LogP contribution is 2.29. The fourth-order valence-electron chi connectivity index (χ4n) is 1.71. The highest BCUT2D eigenvalue weighted by atomic mass is 127. The van der Waals surface area contributed by atoms with Gasteiger partial charge in [0.15, 0.2) is 0 Å². The van der Waals surface area contributed by atoms with E-state index in [0.29, 0.717) is 5.69 Å². The van der Waals surface area contributed by atoms with Crippen LogP contribution in [0.5, 0.6) is 0 Å². The van der Waals surface area contributed by atoms with Crippen molar-refractivity contribution >= 4 is 49.9 Å². The fourth-order valence-corrected chi connectivity index (χ4v) is 4.90. The lowest BCUT2D eigenvalue weighted by Gasteiger charge is -2.19. The molecule has 3 N–H and O–H groups in total. The Morgan fingerprint density at radius 2 is 2.23 bits per heavy atom. The number of allylic oxidation sites excluding steroid dienone is 4. The highest BCUT2D eigenvalue weighted by molar-refractivity contribution is 14.1. The number of sulfonamides is 1. The minimum Gasteiger partial charge on any atom is -0.302 e. The first-order chi connectivity index (χ1) is 10.5. The van der Waals surface area contributed by atoms with Crippen LogP contribution >= 0.6 is 34.2 Å². The molecule has 1 unspecified atom stereocenters. The standard InChI is InChI=1S/C12H12ClIN4O3S/c13-9-4-5-10(11(14)12(9)18-21-15)22(19,20)17-7-8-3-1-2-6-16-8/h1-6,11,17H,7,15H2/b18-12-. The zero-order valence-corrected chi connectivity index (χ0v) is 14.8. The van der Waals surface area contributed by atoms with E-state index in [1.807, 2.05) is 22.6 Å². The van der Waals surface area contributed by atoms with E-state index in [9.17, 15) is 8.42 Å². The second-order valence-electron chi connectivity index (χ2n) is 4.17. The SMILES string of the molecule is NO/N=C1/C(Cl)=CC=C(S(=O)(=O)NCc2ccccn2)C1I. The van der Waals surface area contributed by atoms with Crippen molar-refractivity contribution in [3.8, 4) is 0 Å². The van der Waals surface area contributed by atoms with Crippen molar-refractivity contribution in [2.75, 3.05) is 0 Å². The zero-order chi connectivity index (χ0) is 16.2. The maximum absolute atomic E-state index is 12.4. The molecule has 1 atom stereocenters. The number of aromatic nitrogens is 1. The Kier molecular flexibility index (Phi) is 5.92. The number of nitrogens with zero attached hydrogens (tertiary/aromatic N) is 2. The molecule has 7 nitrogen and oxygen atoms in total. The molecule has 1 heterocycles. The monoisotopic (exact) mass is 454 g/mol. The Bertz CT molecular complexity index is 734. The first kappa shape index (κ1) is 17.3. The lowest BCUT2D eigenvalue weighted by Crippen LogP contribution is -2.33. The van der Waals surface area contributed by atoms with Crippen LogP contribution in [0.1, 0.15) is 5.69 Å².